The number of carbonyl (C=O) groups is 1. The topological polar surface area (TPSA) is 77.9 Å². The lowest BCUT2D eigenvalue weighted by Crippen LogP contribution is -2.12. The van der Waals surface area contributed by atoms with E-state index in [1.807, 2.05) is 0 Å². The third-order valence-electron chi connectivity index (χ3n) is 2.08. The minimum Gasteiger partial charge on any atom is -0.491 e. The average Bonchev–Trinajstić information content (AvgIpc) is 2.29. The summed E-state index contributed by atoms with van der Waals surface area (Å²) in [6.45, 7) is 1.60. The van der Waals surface area contributed by atoms with Gasteiger partial charge in [0, 0.05) is 18.9 Å². The van der Waals surface area contributed by atoms with E-state index in [-0.39, 0.29) is 6.61 Å². The summed E-state index contributed by atoms with van der Waals surface area (Å²) in [5.41, 5.74) is 1.28. The third-order valence-corrected chi connectivity index (χ3v) is 2.08. The van der Waals surface area contributed by atoms with Gasteiger partial charge in [0.1, 0.15) is 0 Å². The summed E-state index contributed by atoms with van der Waals surface area (Å²) in [4.78, 5) is 14.6. The van der Waals surface area contributed by atoms with E-state index in [4.69, 9.17) is 19.3 Å². The van der Waals surface area contributed by atoms with E-state index in [1.54, 1.807) is 13.1 Å². The van der Waals surface area contributed by atoms with Crippen LogP contribution in [-0.2, 0) is 16.1 Å². The number of aliphatic carboxylic acids is 1. The number of aryl methyl sites for hydroxylation is 1. The van der Waals surface area contributed by atoms with Gasteiger partial charge in [-0.1, -0.05) is 0 Å². The van der Waals surface area contributed by atoms with Crippen molar-refractivity contribution in [1.82, 2.24) is 4.98 Å². The van der Waals surface area contributed by atoms with Crippen molar-refractivity contribution in [2.75, 3.05) is 20.8 Å². The molecular weight excluding hydrogens is 226 g/mol. The van der Waals surface area contributed by atoms with Gasteiger partial charge >= 0.3 is 5.97 Å². The Morgan fingerprint density at radius 1 is 1.41 bits per heavy atom. The van der Waals surface area contributed by atoms with Crippen molar-refractivity contribution in [3.05, 3.63) is 17.5 Å². The van der Waals surface area contributed by atoms with Gasteiger partial charge in [-0.3, -0.25) is 4.98 Å². The highest BCUT2D eigenvalue weighted by atomic mass is 16.5. The Bertz CT molecular complexity index is 405. The molecule has 0 aromatic carbocycles. The van der Waals surface area contributed by atoms with Crippen LogP contribution in [0.4, 0.5) is 0 Å². The second kappa shape index (κ2) is 6.05. The van der Waals surface area contributed by atoms with E-state index in [9.17, 15) is 4.79 Å². The fourth-order valence-corrected chi connectivity index (χ4v) is 1.39. The Hall–Kier alpha value is -1.82. The molecule has 17 heavy (non-hydrogen) atoms. The Morgan fingerprint density at radius 2 is 2.12 bits per heavy atom. The van der Waals surface area contributed by atoms with Crippen molar-refractivity contribution < 1.29 is 24.1 Å². The second-order valence-electron chi connectivity index (χ2n) is 3.35. The highest BCUT2D eigenvalue weighted by Gasteiger charge is 2.15. The van der Waals surface area contributed by atoms with Crippen molar-refractivity contribution in [1.29, 1.82) is 0 Å². The molecule has 0 aliphatic carbocycles. The van der Waals surface area contributed by atoms with Gasteiger partial charge in [0.05, 0.1) is 19.4 Å². The van der Waals surface area contributed by atoms with Crippen LogP contribution in [0.2, 0.25) is 0 Å². The van der Waals surface area contributed by atoms with Crippen molar-refractivity contribution >= 4 is 5.97 Å². The minimum atomic E-state index is -1.05. The van der Waals surface area contributed by atoms with Crippen LogP contribution in [0.3, 0.4) is 0 Å². The van der Waals surface area contributed by atoms with E-state index >= 15 is 0 Å². The zero-order valence-corrected chi connectivity index (χ0v) is 10.0. The Labute approximate surface area is 99.1 Å². The van der Waals surface area contributed by atoms with Gasteiger partial charge in [0.25, 0.3) is 0 Å². The number of aromatic nitrogens is 1. The molecule has 0 atom stereocenters. The Kier molecular flexibility index (Phi) is 4.71. The first-order valence-corrected chi connectivity index (χ1v) is 4.96. The first-order valence-electron chi connectivity index (χ1n) is 4.96. The maximum atomic E-state index is 10.5. The van der Waals surface area contributed by atoms with Crippen LogP contribution in [-0.4, -0.2) is 36.9 Å². The molecule has 6 heteroatoms. The van der Waals surface area contributed by atoms with Gasteiger partial charge in [-0.05, 0) is 6.92 Å². The van der Waals surface area contributed by atoms with Crippen LogP contribution in [0.15, 0.2) is 6.20 Å². The molecule has 1 rings (SSSR count). The molecule has 0 saturated carbocycles. The van der Waals surface area contributed by atoms with E-state index in [0.29, 0.717) is 22.8 Å². The van der Waals surface area contributed by atoms with Gasteiger partial charge in [0.15, 0.2) is 18.1 Å². The number of carboxylic acid groups (broad SMARTS) is 1. The number of pyridine rings is 1. The fraction of sp³-hybridized carbons (Fsp3) is 0.455. The molecule has 6 nitrogen and oxygen atoms in total. The summed E-state index contributed by atoms with van der Waals surface area (Å²) >= 11 is 0. The van der Waals surface area contributed by atoms with Crippen molar-refractivity contribution in [2.45, 2.75) is 13.5 Å². The zero-order valence-electron chi connectivity index (χ0n) is 10.0. The maximum Gasteiger partial charge on any atom is 0.341 e. The molecule has 0 saturated heterocycles. The second-order valence-corrected chi connectivity index (χ2v) is 3.35. The highest BCUT2D eigenvalue weighted by Crippen LogP contribution is 2.33. The van der Waals surface area contributed by atoms with Gasteiger partial charge in [-0.25, -0.2) is 4.79 Å². The molecule has 0 spiro atoms. The number of rotatable bonds is 6. The number of hydrogen-bond acceptors (Lipinski definition) is 5. The third kappa shape index (κ3) is 3.32. The fourth-order valence-electron chi connectivity index (χ4n) is 1.39. The molecule has 0 fully saturated rings. The molecular formula is C11H15NO5. The average molecular weight is 241 g/mol. The minimum absolute atomic E-state index is 0.276. The molecule has 1 heterocycles. The predicted molar refractivity (Wildman–Crippen MR) is 59.4 cm³/mol. The summed E-state index contributed by atoms with van der Waals surface area (Å²) in [5, 5.41) is 8.62. The molecule has 94 valence electrons. The molecule has 0 amide bonds. The van der Waals surface area contributed by atoms with Gasteiger partial charge in [0.2, 0.25) is 0 Å². The molecule has 0 aliphatic heterocycles. The summed E-state index contributed by atoms with van der Waals surface area (Å²) in [5.74, 6) is -0.255. The van der Waals surface area contributed by atoms with Crippen LogP contribution >= 0.6 is 0 Å². The predicted octanol–water partition coefficient (Wildman–Crippen LogP) is 1.01. The monoisotopic (exact) mass is 241 g/mol. The van der Waals surface area contributed by atoms with Crippen LogP contribution in [0, 0.1) is 6.92 Å². The smallest absolute Gasteiger partial charge is 0.341 e. The molecule has 1 aromatic heterocycles. The van der Waals surface area contributed by atoms with Crippen molar-refractivity contribution in [3.8, 4) is 11.5 Å². The summed E-state index contributed by atoms with van der Waals surface area (Å²) in [6, 6.07) is 0. The number of ether oxygens (including phenoxy) is 3. The van der Waals surface area contributed by atoms with E-state index < -0.39 is 12.6 Å². The SMILES string of the molecule is COCc1cnc(C)c(OC)c1OCC(=O)O. The van der Waals surface area contributed by atoms with E-state index in [2.05, 4.69) is 4.98 Å². The summed E-state index contributed by atoms with van der Waals surface area (Å²) in [6.07, 6.45) is 1.58. The van der Waals surface area contributed by atoms with Crippen molar-refractivity contribution in [2.24, 2.45) is 0 Å². The Balaban J connectivity index is 3.09. The highest BCUT2D eigenvalue weighted by molar-refractivity contribution is 5.68. The van der Waals surface area contributed by atoms with Crippen molar-refractivity contribution in [3.63, 3.8) is 0 Å². The van der Waals surface area contributed by atoms with Crippen LogP contribution in [0.5, 0.6) is 11.5 Å². The normalized spacial score (nSPS) is 10.1. The maximum absolute atomic E-state index is 10.5. The van der Waals surface area contributed by atoms with Crippen LogP contribution in [0.1, 0.15) is 11.3 Å². The van der Waals surface area contributed by atoms with E-state index in [1.165, 1.54) is 14.2 Å². The molecule has 0 radical (unpaired) electrons. The summed E-state index contributed by atoms with van der Waals surface area (Å²) in [7, 11) is 3.02. The lowest BCUT2D eigenvalue weighted by Gasteiger charge is -2.14. The lowest BCUT2D eigenvalue weighted by molar-refractivity contribution is -0.139. The lowest BCUT2D eigenvalue weighted by atomic mass is 10.2. The molecule has 0 aliphatic rings. The molecule has 0 bridgehead atoms. The number of carboxylic acids is 1. The number of nitrogens with zero attached hydrogens (tertiary/aromatic N) is 1. The van der Waals surface area contributed by atoms with Crippen LogP contribution in [0.25, 0.3) is 0 Å². The largest absolute Gasteiger partial charge is 0.491 e. The molecule has 1 aromatic rings. The zero-order chi connectivity index (χ0) is 12.8. The van der Waals surface area contributed by atoms with Gasteiger partial charge in [-0.2, -0.15) is 0 Å². The first-order chi connectivity index (χ1) is 8.10. The summed E-state index contributed by atoms with van der Waals surface area (Å²) < 4.78 is 15.4. The Morgan fingerprint density at radius 3 is 2.65 bits per heavy atom. The quantitative estimate of drug-likeness (QED) is 0.800. The molecule has 0 unspecified atom stereocenters. The van der Waals surface area contributed by atoms with Gasteiger partial charge in [-0.15, -0.1) is 0 Å². The standard InChI is InChI=1S/C11H15NO5/c1-7-10(16-3)11(17-6-9(13)14)8(4-12-7)5-15-2/h4H,5-6H2,1-3H3,(H,13,14). The van der Waals surface area contributed by atoms with E-state index in [0.717, 1.165) is 0 Å². The van der Waals surface area contributed by atoms with Gasteiger partial charge < -0.3 is 19.3 Å². The number of methoxy groups -OCH3 is 2. The van der Waals surface area contributed by atoms with Crippen LogP contribution < -0.4 is 9.47 Å². The molecule has 1 N–H and O–H groups in total. The first kappa shape index (κ1) is 13.2. The number of hydrogen-bond donors (Lipinski definition) is 1.